The number of nitrogens with one attached hydrogen (secondary N) is 1. The van der Waals surface area contributed by atoms with Gasteiger partial charge in [-0.05, 0) is 36.4 Å². The molecule has 0 radical (unpaired) electrons. The van der Waals surface area contributed by atoms with Gasteiger partial charge in [0, 0.05) is 16.1 Å². The summed E-state index contributed by atoms with van der Waals surface area (Å²) in [5.41, 5.74) is 15.7. The third kappa shape index (κ3) is 3.19. The molecule has 0 unspecified atom stereocenters. The second-order valence-corrected chi connectivity index (χ2v) is 6.77. The molecule has 0 saturated heterocycles. The first kappa shape index (κ1) is 17.3. The van der Waals surface area contributed by atoms with E-state index in [1.54, 1.807) is 6.07 Å². The molecular weight excluding hydrogens is 342 g/mol. The van der Waals surface area contributed by atoms with Crippen LogP contribution in [-0.2, 0) is 0 Å². The maximum Gasteiger partial charge on any atom is 0.289 e. The second kappa shape index (κ2) is 7.18. The van der Waals surface area contributed by atoms with Gasteiger partial charge in [0.15, 0.2) is 5.03 Å². The Balaban J connectivity index is 2.25. The summed E-state index contributed by atoms with van der Waals surface area (Å²) in [5.74, 6) is 0.221. The lowest BCUT2D eigenvalue weighted by Crippen LogP contribution is -2.18. The number of nitrogen functional groups attached to an aromatic ring is 2. The zero-order chi connectivity index (χ0) is 18.7. The molecule has 0 aliphatic carbocycles. The van der Waals surface area contributed by atoms with E-state index in [0.29, 0.717) is 21.8 Å². The highest BCUT2D eigenvalue weighted by molar-refractivity contribution is 7.99. The minimum atomic E-state index is 0.221. The van der Waals surface area contributed by atoms with Crippen molar-refractivity contribution < 1.29 is 4.98 Å². The van der Waals surface area contributed by atoms with Crippen LogP contribution >= 0.6 is 11.8 Å². The maximum atomic E-state index is 9.81. The van der Waals surface area contributed by atoms with E-state index in [2.05, 4.69) is 17.1 Å². The first-order chi connectivity index (χ1) is 12.5. The van der Waals surface area contributed by atoms with Gasteiger partial charge in [0.2, 0.25) is 0 Å². The number of rotatable bonds is 3. The average Bonchev–Trinajstić information content (AvgIpc) is 2.64. The van der Waals surface area contributed by atoms with E-state index in [-0.39, 0.29) is 11.4 Å². The fourth-order valence-corrected chi connectivity index (χ4v) is 3.58. The molecule has 6 heteroatoms. The van der Waals surface area contributed by atoms with Gasteiger partial charge in [0.25, 0.3) is 5.82 Å². The van der Waals surface area contributed by atoms with Crippen molar-refractivity contribution in [2.24, 2.45) is 0 Å². The van der Waals surface area contributed by atoms with E-state index in [0.717, 1.165) is 16.0 Å². The predicted octanol–water partition coefficient (Wildman–Crippen LogP) is 3.54. The quantitative estimate of drug-likeness (QED) is 0.695. The van der Waals surface area contributed by atoms with Crippen LogP contribution in [0.3, 0.4) is 0 Å². The van der Waals surface area contributed by atoms with E-state index in [1.807, 2.05) is 49.4 Å². The molecule has 0 aliphatic rings. The van der Waals surface area contributed by atoms with Crippen molar-refractivity contribution in [3.63, 3.8) is 0 Å². The molecule has 26 heavy (non-hydrogen) atoms. The Hall–Kier alpha value is -3.48. The summed E-state index contributed by atoms with van der Waals surface area (Å²) < 4.78 is 0. The van der Waals surface area contributed by atoms with Crippen LogP contribution in [0.5, 0.6) is 0 Å². The van der Waals surface area contributed by atoms with Crippen molar-refractivity contribution in [1.29, 1.82) is 10.5 Å². The summed E-state index contributed by atoms with van der Waals surface area (Å²) in [5, 5.41) is 19.9. The van der Waals surface area contributed by atoms with Crippen LogP contribution in [0.15, 0.2) is 58.5 Å². The lowest BCUT2D eigenvalue weighted by atomic mass is 9.96. The van der Waals surface area contributed by atoms with Crippen LogP contribution in [0.25, 0.3) is 11.1 Å². The number of para-hydroxylation sites is 1. The van der Waals surface area contributed by atoms with E-state index >= 15 is 0 Å². The highest BCUT2D eigenvalue weighted by Gasteiger charge is 2.24. The summed E-state index contributed by atoms with van der Waals surface area (Å²) in [6.45, 7) is 1.98. The molecule has 0 bridgehead atoms. The van der Waals surface area contributed by atoms with Gasteiger partial charge >= 0.3 is 0 Å². The summed E-state index contributed by atoms with van der Waals surface area (Å²) >= 11 is 1.32. The molecule has 0 amide bonds. The van der Waals surface area contributed by atoms with Crippen molar-refractivity contribution in [3.8, 4) is 23.3 Å². The van der Waals surface area contributed by atoms with Crippen LogP contribution in [0, 0.1) is 29.6 Å². The normalized spacial score (nSPS) is 10.1. The third-order valence-electron chi connectivity index (χ3n) is 3.94. The number of nitrogens with zero attached hydrogens (tertiary/aromatic N) is 2. The minimum Gasteiger partial charge on any atom is -0.398 e. The highest BCUT2D eigenvalue weighted by atomic mass is 32.2. The first-order valence-electron chi connectivity index (χ1n) is 7.83. The minimum absolute atomic E-state index is 0.221. The van der Waals surface area contributed by atoms with Crippen molar-refractivity contribution >= 4 is 23.3 Å². The Morgan fingerprint density at radius 3 is 2.19 bits per heavy atom. The molecule has 0 spiro atoms. The van der Waals surface area contributed by atoms with Gasteiger partial charge in [-0.3, -0.25) is 5.73 Å². The van der Waals surface area contributed by atoms with Crippen LogP contribution in [-0.4, -0.2) is 0 Å². The molecule has 0 atom stereocenters. The molecule has 2 aromatic carbocycles. The van der Waals surface area contributed by atoms with Crippen molar-refractivity contribution in [1.82, 2.24) is 0 Å². The number of H-pyrrole nitrogens is 1. The average molecular weight is 358 g/mol. The monoisotopic (exact) mass is 358 g/mol. The van der Waals surface area contributed by atoms with Gasteiger partial charge in [-0.2, -0.15) is 10.5 Å². The molecule has 3 rings (SSSR count). The SMILES string of the molecule is Cc1ccc(-c2c(C#N)c(N)[nH+]c(Sc3ccccc3N)c2C#N)cc1. The zero-order valence-electron chi connectivity index (χ0n) is 14.1. The van der Waals surface area contributed by atoms with E-state index in [4.69, 9.17) is 11.5 Å². The third-order valence-corrected chi connectivity index (χ3v) is 5.04. The Bertz CT molecular complexity index is 1060. The summed E-state index contributed by atoms with van der Waals surface area (Å²) in [6.07, 6.45) is 0. The molecule has 5 N–H and O–H groups in total. The van der Waals surface area contributed by atoms with Crippen LogP contribution in [0.1, 0.15) is 16.7 Å². The topological polar surface area (TPSA) is 114 Å². The van der Waals surface area contributed by atoms with Gasteiger partial charge in [0.1, 0.15) is 23.3 Å². The molecular formula is C20H16N5S+. The second-order valence-electron chi connectivity index (χ2n) is 5.72. The smallest absolute Gasteiger partial charge is 0.289 e. The highest BCUT2D eigenvalue weighted by Crippen LogP contribution is 2.37. The number of aromatic amines is 1. The molecule has 0 fully saturated rings. The van der Waals surface area contributed by atoms with Gasteiger partial charge in [-0.1, -0.05) is 42.0 Å². The molecule has 126 valence electrons. The number of aromatic nitrogens is 1. The molecule has 3 aromatic rings. The largest absolute Gasteiger partial charge is 0.398 e. The lowest BCUT2D eigenvalue weighted by Gasteiger charge is -2.11. The number of nitriles is 2. The van der Waals surface area contributed by atoms with Gasteiger partial charge < -0.3 is 5.73 Å². The fourth-order valence-electron chi connectivity index (χ4n) is 2.61. The number of aryl methyl sites for hydroxylation is 1. The lowest BCUT2D eigenvalue weighted by molar-refractivity contribution is -0.410. The Labute approximate surface area is 155 Å². The molecule has 5 nitrogen and oxygen atoms in total. The predicted molar refractivity (Wildman–Crippen MR) is 102 cm³/mol. The number of anilines is 2. The van der Waals surface area contributed by atoms with Crippen LogP contribution < -0.4 is 16.5 Å². The van der Waals surface area contributed by atoms with E-state index in [9.17, 15) is 10.5 Å². The van der Waals surface area contributed by atoms with Gasteiger partial charge in [-0.25, -0.2) is 4.98 Å². The number of hydrogen-bond donors (Lipinski definition) is 2. The van der Waals surface area contributed by atoms with Crippen LogP contribution in [0.2, 0.25) is 0 Å². The van der Waals surface area contributed by atoms with Crippen molar-refractivity contribution in [2.45, 2.75) is 16.8 Å². The van der Waals surface area contributed by atoms with E-state index < -0.39 is 0 Å². The number of pyridine rings is 1. The first-order valence-corrected chi connectivity index (χ1v) is 8.65. The number of hydrogen-bond acceptors (Lipinski definition) is 5. The van der Waals surface area contributed by atoms with Crippen molar-refractivity contribution in [3.05, 3.63) is 65.2 Å². The number of benzene rings is 2. The van der Waals surface area contributed by atoms with Gasteiger partial charge in [0.05, 0.1) is 0 Å². The van der Waals surface area contributed by atoms with Crippen LogP contribution in [0.4, 0.5) is 11.5 Å². The zero-order valence-corrected chi connectivity index (χ0v) is 14.9. The summed E-state index contributed by atoms with van der Waals surface area (Å²) in [4.78, 5) is 3.79. The summed E-state index contributed by atoms with van der Waals surface area (Å²) in [7, 11) is 0. The Kier molecular flexibility index (Phi) is 4.79. The standard InChI is InChI=1S/C20H15N5S/c1-12-6-8-13(9-7-12)18-14(10-21)19(24)25-20(15(18)11-22)26-17-5-3-2-4-16(17)23/h2-9H,23H2,1H3,(H2,24,25)/p+1. The molecule has 1 heterocycles. The molecule has 0 saturated carbocycles. The fraction of sp³-hybridized carbons (Fsp3) is 0.0500. The maximum absolute atomic E-state index is 9.81. The summed E-state index contributed by atoms with van der Waals surface area (Å²) in [6, 6.07) is 19.4. The Morgan fingerprint density at radius 1 is 0.923 bits per heavy atom. The van der Waals surface area contributed by atoms with Gasteiger partial charge in [-0.15, -0.1) is 0 Å². The number of nitrogens with two attached hydrogens (primary N) is 2. The molecule has 0 aliphatic heterocycles. The van der Waals surface area contributed by atoms with E-state index in [1.165, 1.54) is 11.8 Å². The molecule has 1 aromatic heterocycles. The van der Waals surface area contributed by atoms with Crippen molar-refractivity contribution in [2.75, 3.05) is 11.5 Å². The Morgan fingerprint density at radius 2 is 1.58 bits per heavy atom.